The Morgan fingerprint density at radius 1 is 1.28 bits per heavy atom. The zero-order chi connectivity index (χ0) is 18.5. The van der Waals surface area contributed by atoms with Gasteiger partial charge in [-0.05, 0) is 38.9 Å². The van der Waals surface area contributed by atoms with Gasteiger partial charge in [-0.25, -0.2) is 13.4 Å². The van der Waals surface area contributed by atoms with Crippen LogP contribution in [0.15, 0.2) is 18.3 Å². The fourth-order valence-electron chi connectivity index (χ4n) is 3.79. The van der Waals surface area contributed by atoms with Gasteiger partial charge in [0.2, 0.25) is 0 Å². The van der Waals surface area contributed by atoms with E-state index >= 15 is 0 Å². The SMILES string of the molecule is CC(C)(CN1CCC2(C1)CS(=O)(=O)C2)Oc1ccc(C(F)(F)F)nc1. The lowest BCUT2D eigenvalue weighted by Gasteiger charge is -2.38. The Balaban J connectivity index is 1.57. The predicted molar refractivity (Wildman–Crippen MR) is 86.1 cm³/mol. The molecule has 25 heavy (non-hydrogen) atoms. The third-order valence-corrected chi connectivity index (χ3v) is 6.70. The van der Waals surface area contributed by atoms with E-state index in [1.807, 2.05) is 13.8 Å². The standard InChI is InChI=1S/C16H21F3N2O3S/c1-14(2,24-12-3-4-13(20-7-12)16(17,18)19)8-21-6-5-15(9-21)10-25(22,23)11-15/h3-4,7H,5-6,8-11H2,1-2H3. The summed E-state index contributed by atoms with van der Waals surface area (Å²) in [6.45, 7) is 5.79. The fourth-order valence-corrected chi connectivity index (χ4v) is 6.04. The second kappa shape index (κ2) is 5.84. The summed E-state index contributed by atoms with van der Waals surface area (Å²) in [5, 5.41) is 0. The lowest BCUT2D eigenvalue weighted by atomic mass is 9.91. The molecule has 9 heteroatoms. The molecule has 0 radical (unpaired) electrons. The Labute approximate surface area is 145 Å². The van der Waals surface area contributed by atoms with Crippen LogP contribution in [0.4, 0.5) is 13.2 Å². The molecule has 0 saturated carbocycles. The maximum Gasteiger partial charge on any atom is 0.433 e. The summed E-state index contributed by atoms with van der Waals surface area (Å²) < 4.78 is 66.3. The topological polar surface area (TPSA) is 59.5 Å². The van der Waals surface area contributed by atoms with Gasteiger partial charge in [0.25, 0.3) is 0 Å². The molecule has 140 valence electrons. The van der Waals surface area contributed by atoms with Gasteiger partial charge in [-0.1, -0.05) is 0 Å². The lowest BCUT2D eigenvalue weighted by molar-refractivity contribution is -0.141. The molecule has 0 aromatic carbocycles. The number of likely N-dealkylation sites (tertiary alicyclic amines) is 1. The maximum atomic E-state index is 12.5. The Bertz CT molecular complexity index is 733. The number of halogens is 3. The minimum atomic E-state index is -4.47. The summed E-state index contributed by atoms with van der Waals surface area (Å²) >= 11 is 0. The van der Waals surface area contributed by atoms with Crippen molar-refractivity contribution in [2.75, 3.05) is 31.1 Å². The molecule has 2 aliphatic heterocycles. The molecule has 0 atom stereocenters. The first kappa shape index (κ1) is 18.4. The Hall–Kier alpha value is -1.35. The average Bonchev–Trinajstić information content (AvgIpc) is 2.78. The first-order valence-corrected chi connectivity index (χ1v) is 9.85. The largest absolute Gasteiger partial charge is 0.485 e. The summed E-state index contributed by atoms with van der Waals surface area (Å²) in [5.41, 5.74) is -1.70. The van der Waals surface area contributed by atoms with Gasteiger partial charge in [0.05, 0.1) is 17.7 Å². The normalized spacial score (nSPS) is 22.8. The quantitative estimate of drug-likeness (QED) is 0.805. The van der Waals surface area contributed by atoms with Gasteiger partial charge in [-0.15, -0.1) is 0 Å². The molecular formula is C16H21F3N2O3S. The average molecular weight is 378 g/mol. The van der Waals surface area contributed by atoms with Crippen LogP contribution in [-0.2, 0) is 16.0 Å². The van der Waals surface area contributed by atoms with Crippen LogP contribution < -0.4 is 4.74 Å². The molecule has 2 saturated heterocycles. The van der Waals surface area contributed by atoms with Crippen molar-refractivity contribution in [1.29, 1.82) is 0 Å². The zero-order valence-corrected chi connectivity index (χ0v) is 15.0. The number of hydrogen-bond acceptors (Lipinski definition) is 5. The molecule has 1 spiro atoms. The van der Waals surface area contributed by atoms with Crippen molar-refractivity contribution < 1.29 is 26.3 Å². The van der Waals surface area contributed by atoms with Gasteiger partial charge in [0.1, 0.15) is 17.0 Å². The zero-order valence-electron chi connectivity index (χ0n) is 14.1. The van der Waals surface area contributed by atoms with Gasteiger partial charge >= 0.3 is 6.18 Å². The van der Waals surface area contributed by atoms with Crippen LogP contribution in [0.25, 0.3) is 0 Å². The van der Waals surface area contributed by atoms with Crippen LogP contribution in [0.1, 0.15) is 26.0 Å². The van der Waals surface area contributed by atoms with E-state index in [-0.39, 0.29) is 22.7 Å². The summed E-state index contributed by atoms with van der Waals surface area (Å²) in [7, 11) is -2.86. The van der Waals surface area contributed by atoms with E-state index in [0.717, 1.165) is 25.2 Å². The minimum absolute atomic E-state index is 0.120. The van der Waals surface area contributed by atoms with Crippen LogP contribution in [0.2, 0.25) is 0 Å². The number of hydrogen-bond donors (Lipinski definition) is 0. The molecule has 0 aliphatic carbocycles. The molecule has 1 aromatic heterocycles. The van der Waals surface area contributed by atoms with E-state index in [9.17, 15) is 21.6 Å². The molecule has 2 aliphatic rings. The van der Waals surface area contributed by atoms with Crippen molar-refractivity contribution in [1.82, 2.24) is 9.88 Å². The van der Waals surface area contributed by atoms with Gasteiger partial charge in [0, 0.05) is 18.5 Å². The molecular weight excluding hydrogens is 357 g/mol. The molecule has 5 nitrogen and oxygen atoms in total. The Morgan fingerprint density at radius 2 is 1.96 bits per heavy atom. The fraction of sp³-hybridized carbons (Fsp3) is 0.688. The number of pyridine rings is 1. The molecule has 2 fully saturated rings. The van der Waals surface area contributed by atoms with Crippen LogP contribution >= 0.6 is 0 Å². The lowest BCUT2D eigenvalue weighted by Crippen LogP contribution is -2.51. The number of rotatable bonds is 4. The van der Waals surface area contributed by atoms with Gasteiger partial charge in [0.15, 0.2) is 9.84 Å². The van der Waals surface area contributed by atoms with Crippen molar-refractivity contribution in [3.05, 3.63) is 24.0 Å². The van der Waals surface area contributed by atoms with Crippen molar-refractivity contribution in [3.8, 4) is 5.75 Å². The van der Waals surface area contributed by atoms with E-state index in [2.05, 4.69) is 9.88 Å². The predicted octanol–water partition coefficient (Wildman–Crippen LogP) is 2.38. The molecule has 3 heterocycles. The van der Waals surface area contributed by atoms with Crippen molar-refractivity contribution >= 4 is 9.84 Å². The highest BCUT2D eigenvalue weighted by molar-refractivity contribution is 7.92. The third-order valence-electron chi connectivity index (χ3n) is 4.59. The van der Waals surface area contributed by atoms with E-state index < -0.39 is 27.3 Å². The maximum absolute atomic E-state index is 12.5. The van der Waals surface area contributed by atoms with Crippen molar-refractivity contribution in [2.45, 2.75) is 32.0 Å². The van der Waals surface area contributed by atoms with Crippen molar-refractivity contribution in [3.63, 3.8) is 0 Å². The highest BCUT2D eigenvalue weighted by Gasteiger charge is 2.52. The van der Waals surface area contributed by atoms with Crippen LogP contribution in [-0.4, -0.2) is 55.0 Å². The Morgan fingerprint density at radius 3 is 2.48 bits per heavy atom. The van der Waals surface area contributed by atoms with Gasteiger partial charge < -0.3 is 4.74 Å². The molecule has 3 rings (SSSR count). The number of aromatic nitrogens is 1. The smallest absolute Gasteiger partial charge is 0.433 e. The molecule has 0 bridgehead atoms. The summed E-state index contributed by atoms with van der Waals surface area (Å²) in [6, 6.07) is 2.16. The molecule has 0 N–H and O–H groups in total. The monoisotopic (exact) mass is 378 g/mol. The summed E-state index contributed by atoms with van der Waals surface area (Å²) in [5.74, 6) is 0.777. The second-order valence-corrected chi connectivity index (χ2v) is 9.80. The number of ether oxygens (including phenoxy) is 1. The van der Waals surface area contributed by atoms with E-state index in [1.54, 1.807) is 0 Å². The molecule has 0 unspecified atom stereocenters. The summed E-state index contributed by atoms with van der Waals surface area (Å²) in [4.78, 5) is 5.56. The number of nitrogens with zero attached hydrogens (tertiary/aromatic N) is 2. The van der Waals surface area contributed by atoms with Crippen LogP contribution in [0, 0.1) is 5.41 Å². The highest BCUT2D eigenvalue weighted by Crippen LogP contribution is 2.41. The number of sulfone groups is 1. The first-order valence-electron chi connectivity index (χ1n) is 8.03. The van der Waals surface area contributed by atoms with Crippen molar-refractivity contribution in [2.24, 2.45) is 5.41 Å². The second-order valence-electron chi connectivity index (χ2n) is 7.73. The number of alkyl halides is 3. The first-order chi connectivity index (χ1) is 11.4. The molecule has 0 amide bonds. The van der Waals surface area contributed by atoms with E-state index in [4.69, 9.17) is 4.74 Å². The van der Waals surface area contributed by atoms with Crippen LogP contribution in [0.3, 0.4) is 0 Å². The minimum Gasteiger partial charge on any atom is -0.485 e. The summed E-state index contributed by atoms with van der Waals surface area (Å²) in [6.07, 6.45) is -2.54. The van der Waals surface area contributed by atoms with E-state index in [0.29, 0.717) is 13.1 Å². The highest BCUT2D eigenvalue weighted by atomic mass is 32.2. The van der Waals surface area contributed by atoms with Crippen LogP contribution in [0.5, 0.6) is 5.75 Å². The molecule has 1 aromatic rings. The van der Waals surface area contributed by atoms with E-state index in [1.165, 1.54) is 6.07 Å². The van der Waals surface area contributed by atoms with Gasteiger partial charge in [-0.2, -0.15) is 13.2 Å². The van der Waals surface area contributed by atoms with Gasteiger partial charge in [-0.3, -0.25) is 4.90 Å². The third kappa shape index (κ3) is 4.25. The Kier molecular flexibility index (Phi) is 4.31.